The molecular formula is C13H21N3O. The van der Waals surface area contributed by atoms with Crippen molar-refractivity contribution >= 4 is 5.91 Å². The molecule has 1 rings (SSSR count). The number of rotatable bonds is 5. The number of hydrogen-bond donors (Lipinski definition) is 2. The lowest BCUT2D eigenvalue weighted by atomic mass is 10.0. The number of hydrogen-bond acceptors (Lipinski definition) is 3. The maximum absolute atomic E-state index is 12.1. The molecule has 1 atom stereocenters. The number of carbonyl (C=O) groups excluding carboxylic acids is 1. The monoisotopic (exact) mass is 235 g/mol. The van der Waals surface area contributed by atoms with E-state index in [4.69, 9.17) is 5.73 Å². The first-order chi connectivity index (χ1) is 8.06. The normalized spacial score (nSPS) is 12.5. The first-order valence-corrected chi connectivity index (χ1v) is 5.98. The van der Waals surface area contributed by atoms with Crippen LogP contribution in [0.5, 0.6) is 0 Å². The van der Waals surface area contributed by atoms with E-state index in [9.17, 15) is 4.79 Å². The number of nitrogens with one attached hydrogen (secondary N) is 1. The highest BCUT2D eigenvalue weighted by Gasteiger charge is 2.17. The Morgan fingerprint density at radius 2 is 2.24 bits per heavy atom. The summed E-state index contributed by atoms with van der Waals surface area (Å²) < 4.78 is 0. The Labute approximate surface area is 103 Å². The van der Waals surface area contributed by atoms with Crippen LogP contribution in [0, 0.1) is 12.8 Å². The highest BCUT2D eigenvalue weighted by atomic mass is 16.1. The van der Waals surface area contributed by atoms with Gasteiger partial charge in [0.25, 0.3) is 5.91 Å². The average Bonchev–Trinajstić information content (AvgIpc) is 2.28. The second-order valence-electron chi connectivity index (χ2n) is 4.54. The van der Waals surface area contributed by atoms with E-state index in [1.165, 1.54) is 0 Å². The van der Waals surface area contributed by atoms with Crippen LogP contribution in [-0.4, -0.2) is 23.5 Å². The lowest BCUT2D eigenvalue weighted by Crippen LogP contribution is -2.40. The Kier molecular flexibility index (Phi) is 5.10. The quantitative estimate of drug-likeness (QED) is 0.812. The van der Waals surface area contributed by atoms with Gasteiger partial charge in [-0.2, -0.15) is 0 Å². The predicted molar refractivity (Wildman–Crippen MR) is 68.7 cm³/mol. The molecule has 0 aromatic carbocycles. The van der Waals surface area contributed by atoms with Gasteiger partial charge in [0.05, 0.1) is 5.56 Å². The minimum atomic E-state index is -0.0669. The molecule has 0 saturated carbocycles. The fourth-order valence-corrected chi connectivity index (χ4v) is 1.72. The zero-order chi connectivity index (χ0) is 12.8. The summed E-state index contributed by atoms with van der Waals surface area (Å²) >= 11 is 0. The molecule has 0 bridgehead atoms. The van der Waals surface area contributed by atoms with Crippen molar-refractivity contribution in [2.75, 3.05) is 6.54 Å². The molecule has 0 aliphatic heterocycles. The van der Waals surface area contributed by atoms with Gasteiger partial charge >= 0.3 is 0 Å². The maximum Gasteiger partial charge on any atom is 0.253 e. The van der Waals surface area contributed by atoms with E-state index in [2.05, 4.69) is 24.1 Å². The topological polar surface area (TPSA) is 68.0 Å². The van der Waals surface area contributed by atoms with Crippen molar-refractivity contribution in [3.05, 3.63) is 29.6 Å². The third kappa shape index (κ3) is 3.82. The van der Waals surface area contributed by atoms with Crippen LogP contribution in [0.3, 0.4) is 0 Å². The van der Waals surface area contributed by atoms with Crippen LogP contribution in [0.15, 0.2) is 18.3 Å². The molecule has 0 fully saturated rings. The van der Waals surface area contributed by atoms with Crippen molar-refractivity contribution in [2.45, 2.75) is 33.2 Å². The highest BCUT2D eigenvalue weighted by Crippen LogP contribution is 2.09. The third-order valence-corrected chi connectivity index (χ3v) is 2.85. The summed E-state index contributed by atoms with van der Waals surface area (Å²) in [4.78, 5) is 16.2. The zero-order valence-electron chi connectivity index (χ0n) is 10.7. The summed E-state index contributed by atoms with van der Waals surface area (Å²) in [6.07, 6.45) is 2.48. The standard InChI is InChI=1S/C13H21N3O/c1-9(2)12(6-7-14)16-13(17)11-5-4-8-15-10(11)3/h4-5,8-9,12H,6-7,14H2,1-3H3,(H,16,17). The van der Waals surface area contributed by atoms with Crippen LogP contribution in [0.2, 0.25) is 0 Å². The number of aryl methyl sites for hydroxylation is 1. The fourth-order valence-electron chi connectivity index (χ4n) is 1.72. The summed E-state index contributed by atoms with van der Waals surface area (Å²) in [5, 5.41) is 3.02. The third-order valence-electron chi connectivity index (χ3n) is 2.85. The number of amides is 1. The molecule has 4 nitrogen and oxygen atoms in total. The van der Waals surface area contributed by atoms with Gasteiger partial charge < -0.3 is 11.1 Å². The van der Waals surface area contributed by atoms with Crippen molar-refractivity contribution in [1.82, 2.24) is 10.3 Å². The largest absolute Gasteiger partial charge is 0.349 e. The number of nitrogens with two attached hydrogens (primary N) is 1. The first kappa shape index (κ1) is 13.6. The first-order valence-electron chi connectivity index (χ1n) is 5.98. The van der Waals surface area contributed by atoms with Crippen molar-refractivity contribution < 1.29 is 4.79 Å². The van der Waals surface area contributed by atoms with Gasteiger partial charge in [0.2, 0.25) is 0 Å². The minimum absolute atomic E-state index is 0.0669. The van der Waals surface area contributed by atoms with E-state index in [1.54, 1.807) is 18.3 Å². The Hall–Kier alpha value is -1.42. The van der Waals surface area contributed by atoms with Crippen LogP contribution < -0.4 is 11.1 Å². The van der Waals surface area contributed by atoms with Gasteiger partial charge in [-0.05, 0) is 37.9 Å². The number of pyridine rings is 1. The van der Waals surface area contributed by atoms with Gasteiger partial charge in [-0.1, -0.05) is 13.8 Å². The molecule has 0 radical (unpaired) electrons. The number of nitrogens with zero attached hydrogens (tertiary/aromatic N) is 1. The summed E-state index contributed by atoms with van der Waals surface area (Å²) in [5.41, 5.74) is 6.93. The molecule has 0 spiro atoms. The summed E-state index contributed by atoms with van der Waals surface area (Å²) in [7, 11) is 0. The molecule has 1 unspecified atom stereocenters. The number of carbonyl (C=O) groups is 1. The Morgan fingerprint density at radius 1 is 1.53 bits per heavy atom. The van der Waals surface area contributed by atoms with Crippen molar-refractivity contribution in [1.29, 1.82) is 0 Å². The smallest absolute Gasteiger partial charge is 0.253 e. The molecule has 0 saturated heterocycles. The maximum atomic E-state index is 12.1. The van der Waals surface area contributed by atoms with Gasteiger partial charge in [-0.3, -0.25) is 9.78 Å². The Morgan fingerprint density at radius 3 is 2.76 bits per heavy atom. The lowest BCUT2D eigenvalue weighted by Gasteiger charge is -2.22. The van der Waals surface area contributed by atoms with E-state index in [0.717, 1.165) is 12.1 Å². The van der Waals surface area contributed by atoms with Crippen LogP contribution in [0.4, 0.5) is 0 Å². The SMILES string of the molecule is Cc1ncccc1C(=O)NC(CCN)C(C)C. The van der Waals surface area contributed by atoms with Crippen molar-refractivity contribution in [3.8, 4) is 0 Å². The molecule has 0 aliphatic rings. The molecule has 17 heavy (non-hydrogen) atoms. The van der Waals surface area contributed by atoms with Gasteiger partial charge in [-0.25, -0.2) is 0 Å². The van der Waals surface area contributed by atoms with Gasteiger partial charge in [-0.15, -0.1) is 0 Å². The molecule has 1 heterocycles. The van der Waals surface area contributed by atoms with Crippen LogP contribution in [0.1, 0.15) is 36.3 Å². The summed E-state index contributed by atoms with van der Waals surface area (Å²) in [5.74, 6) is 0.308. The van der Waals surface area contributed by atoms with E-state index in [1.807, 2.05) is 6.92 Å². The van der Waals surface area contributed by atoms with Crippen LogP contribution in [-0.2, 0) is 0 Å². The Balaban J connectivity index is 2.74. The second kappa shape index (κ2) is 6.35. The molecule has 1 aromatic rings. The van der Waals surface area contributed by atoms with Gasteiger partial charge in [0.15, 0.2) is 0 Å². The minimum Gasteiger partial charge on any atom is -0.349 e. The Bertz CT molecular complexity index is 377. The van der Waals surface area contributed by atoms with E-state index < -0.39 is 0 Å². The zero-order valence-corrected chi connectivity index (χ0v) is 10.7. The van der Waals surface area contributed by atoms with Crippen LogP contribution in [0.25, 0.3) is 0 Å². The van der Waals surface area contributed by atoms with Crippen LogP contribution >= 0.6 is 0 Å². The molecule has 1 aromatic heterocycles. The molecule has 3 N–H and O–H groups in total. The fraction of sp³-hybridized carbons (Fsp3) is 0.538. The highest BCUT2D eigenvalue weighted by molar-refractivity contribution is 5.95. The van der Waals surface area contributed by atoms with Crippen molar-refractivity contribution in [2.24, 2.45) is 11.7 Å². The molecular weight excluding hydrogens is 214 g/mol. The second-order valence-corrected chi connectivity index (χ2v) is 4.54. The summed E-state index contributed by atoms with van der Waals surface area (Å²) in [6, 6.07) is 3.68. The van der Waals surface area contributed by atoms with E-state index >= 15 is 0 Å². The van der Waals surface area contributed by atoms with E-state index in [0.29, 0.717) is 18.0 Å². The molecule has 4 heteroatoms. The van der Waals surface area contributed by atoms with Gasteiger partial charge in [0.1, 0.15) is 0 Å². The average molecular weight is 235 g/mol. The predicted octanol–water partition coefficient (Wildman–Crippen LogP) is 1.49. The van der Waals surface area contributed by atoms with Gasteiger partial charge in [0, 0.05) is 17.9 Å². The van der Waals surface area contributed by atoms with E-state index in [-0.39, 0.29) is 11.9 Å². The summed E-state index contributed by atoms with van der Waals surface area (Å²) in [6.45, 7) is 6.57. The van der Waals surface area contributed by atoms with Crippen molar-refractivity contribution in [3.63, 3.8) is 0 Å². The molecule has 1 amide bonds. The molecule has 0 aliphatic carbocycles. The molecule has 94 valence electrons. The number of aromatic nitrogens is 1. The lowest BCUT2D eigenvalue weighted by molar-refractivity contribution is 0.0923.